The summed E-state index contributed by atoms with van der Waals surface area (Å²) in [5, 5.41) is 17.2. The van der Waals surface area contributed by atoms with Crippen molar-refractivity contribution >= 4 is 11.6 Å². The van der Waals surface area contributed by atoms with E-state index in [-0.39, 0.29) is 0 Å². The highest BCUT2D eigenvalue weighted by molar-refractivity contribution is 6.18. The first-order valence-electron chi connectivity index (χ1n) is 2.68. The number of aliphatic hydroxyl groups excluding tert-OH is 1. The first-order chi connectivity index (χ1) is 4.04. The Balaban J connectivity index is 4.01. The Morgan fingerprint density at radius 1 is 1.78 bits per heavy atom. The summed E-state index contributed by atoms with van der Waals surface area (Å²) in [7, 11) is 0. The predicted molar refractivity (Wildman–Crippen MR) is 36.1 cm³/mol. The molecule has 0 saturated heterocycles. The normalized spacial score (nSPS) is 14.6. The van der Waals surface area contributed by atoms with Gasteiger partial charge in [0.1, 0.15) is 6.10 Å². The second-order valence-electron chi connectivity index (χ2n) is 2.65. The molecule has 9 heavy (non-hydrogen) atoms. The Morgan fingerprint density at radius 3 is 2.33 bits per heavy atom. The fourth-order valence-corrected chi connectivity index (χ4v) is 0.394. The lowest BCUT2D eigenvalue weighted by Crippen LogP contribution is -2.29. The lowest BCUT2D eigenvalue weighted by Gasteiger charge is -2.21. The number of aliphatic hydroxyl groups is 1. The van der Waals surface area contributed by atoms with Crippen molar-refractivity contribution in [2.45, 2.75) is 20.0 Å². The second kappa shape index (κ2) is 3.05. The molecule has 0 spiro atoms. The van der Waals surface area contributed by atoms with Crippen molar-refractivity contribution in [3.8, 4) is 6.07 Å². The molecule has 3 heteroatoms. The molecule has 1 atom stereocenters. The van der Waals surface area contributed by atoms with Crippen LogP contribution in [0.25, 0.3) is 0 Å². The van der Waals surface area contributed by atoms with Crippen LogP contribution in [0.5, 0.6) is 0 Å². The van der Waals surface area contributed by atoms with Gasteiger partial charge in [0.2, 0.25) is 0 Å². The zero-order chi connectivity index (χ0) is 7.49. The van der Waals surface area contributed by atoms with Crippen molar-refractivity contribution in [2.75, 3.05) is 5.88 Å². The quantitative estimate of drug-likeness (QED) is 0.470. The molecule has 0 aliphatic heterocycles. The van der Waals surface area contributed by atoms with Crippen molar-refractivity contribution in [3.63, 3.8) is 0 Å². The summed E-state index contributed by atoms with van der Waals surface area (Å²) < 4.78 is 0. The molecule has 0 aliphatic rings. The molecule has 0 saturated carbocycles. The van der Waals surface area contributed by atoms with Crippen molar-refractivity contribution in [1.29, 1.82) is 5.26 Å². The average Bonchev–Trinajstić information content (AvgIpc) is 1.86. The highest BCUT2D eigenvalue weighted by atomic mass is 35.5. The maximum atomic E-state index is 8.94. The first kappa shape index (κ1) is 8.74. The zero-order valence-electron chi connectivity index (χ0n) is 5.56. The highest BCUT2D eigenvalue weighted by Crippen LogP contribution is 2.21. The van der Waals surface area contributed by atoms with Crippen LogP contribution in [0.3, 0.4) is 0 Å². The molecular formula is C6H10ClNO. The number of nitrogens with zero attached hydrogens (tertiary/aromatic N) is 1. The summed E-state index contributed by atoms with van der Waals surface area (Å²) in [6.07, 6.45) is -0.963. The third kappa shape index (κ3) is 2.21. The monoisotopic (exact) mass is 147 g/mol. The van der Waals surface area contributed by atoms with Gasteiger partial charge in [-0.05, 0) is 0 Å². The molecule has 0 heterocycles. The molecule has 0 amide bonds. The van der Waals surface area contributed by atoms with Crippen LogP contribution in [-0.2, 0) is 0 Å². The van der Waals surface area contributed by atoms with Crippen LogP contribution in [0.2, 0.25) is 0 Å². The number of rotatable bonds is 2. The third-order valence-corrected chi connectivity index (χ3v) is 1.90. The van der Waals surface area contributed by atoms with Gasteiger partial charge in [0.15, 0.2) is 0 Å². The Labute approximate surface area is 60.1 Å². The van der Waals surface area contributed by atoms with E-state index < -0.39 is 11.5 Å². The molecule has 52 valence electrons. The van der Waals surface area contributed by atoms with Crippen LogP contribution >= 0.6 is 11.6 Å². The number of halogens is 1. The van der Waals surface area contributed by atoms with E-state index in [0.717, 1.165) is 0 Å². The molecule has 0 fully saturated rings. The Hall–Kier alpha value is -0.260. The van der Waals surface area contributed by atoms with Crippen LogP contribution < -0.4 is 0 Å². The van der Waals surface area contributed by atoms with E-state index in [2.05, 4.69) is 0 Å². The maximum absolute atomic E-state index is 8.94. The average molecular weight is 148 g/mol. The van der Waals surface area contributed by atoms with Crippen molar-refractivity contribution in [3.05, 3.63) is 0 Å². The van der Waals surface area contributed by atoms with E-state index in [1.165, 1.54) is 0 Å². The summed E-state index contributed by atoms with van der Waals surface area (Å²) in [5.74, 6) is 0.293. The smallest absolute Gasteiger partial charge is 0.146 e. The lowest BCUT2D eigenvalue weighted by molar-refractivity contribution is 0.114. The van der Waals surface area contributed by atoms with Crippen LogP contribution in [0, 0.1) is 16.7 Å². The SMILES string of the molecule is CC(C)(CCl)C(O)C#N. The number of alkyl halides is 1. The summed E-state index contributed by atoms with van der Waals surface area (Å²) in [6.45, 7) is 3.49. The van der Waals surface area contributed by atoms with Crippen LogP contribution in [0.4, 0.5) is 0 Å². The van der Waals surface area contributed by atoms with Crippen molar-refractivity contribution in [1.82, 2.24) is 0 Å². The fraction of sp³-hybridized carbons (Fsp3) is 0.833. The van der Waals surface area contributed by atoms with Gasteiger partial charge >= 0.3 is 0 Å². The summed E-state index contributed by atoms with van der Waals surface area (Å²) in [4.78, 5) is 0. The van der Waals surface area contributed by atoms with E-state index in [1.54, 1.807) is 19.9 Å². The van der Waals surface area contributed by atoms with Gasteiger partial charge in [-0.3, -0.25) is 0 Å². The standard InChI is InChI=1S/C6H10ClNO/c1-6(2,4-7)5(9)3-8/h5,9H,4H2,1-2H3. The summed E-state index contributed by atoms with van der Waals surface area (Å²) in [5.41, 5.74) is -0.490. The highest BCUT2D eigenvalue weighted by Gasteiger charge is 2.26. The maximum Gasteiger partial charge on any atom is 0.146 e. The third-order valence-electron chi connectivity index (χ3n) is 1.21. The minimum atomic E-state index is -0.963. The first-order valence-corrected chi connectivity index (χ1v) is 3.21. The molecule has 0 rings (SSSR count). The van der Waals surface area contributed by atoms with E-state index >= 15 is 0 Å². The van der Waals surface area contributed by atoms with Gasteiger partial charge in [-0.25, -0.2) is 0 Å². The van der Waals surface area contributed by atoms with Crippen molar-refractivity contribution in [2.24, 2.45) is 5.41 Å². The second-order valence-corrected chi connectivity index (χ2v) is 2.92. The molecule has 2 nitrogen and oxygen atoms in total. The fourth-order valence-electron chi connectivity index (χ4n) is 0.248. The van der Waals surface area contributed by atoms with Gasteiger partial charge in [0.25, 0.3) is 0 Å². The molecule has 0 radical (unpaired) electrons. The van der Waals surface area contributed by atoms with Gasteiger partial charge in [-0.15, -0.1) is 11.6 Å². The number of hydrogen-bond acceptors (Lipinski definition) is 2. The lowest BCUT2D eigenvalue weighted by atomic mass is 9.90. The largest absolute Gasteiger partial charge is 0.378 e. The van der Waals surface area contributed by atoms with E-state index in [4.69, 9.17) is 22.0 Å². The van der Waals surface area contributed by atoms with Crippen LogP contribution in [0.1, 0.15) is 13.8 Å². The molecule has 1 unspecified atom stereocenters. The van der Waals surface area contributed by atoms with Crippen LogP contribution in [0.15, 0.2) is 0 Å². The number of nitriles is 1. The molecule has 0 aromatic carbocycles. The van der Waals surface area contributed by atoms with Gasteiger partial charge in [0, 0.05) is 11.3 Å². The van der Waals surface area contributed by atoms with Crippen LogP contribution in [-0.4, -0.2) is 17.1 Å². The Morgan fingerprint density at radius 2 is 2.22 bits per heavy atom. The van der Waals surface area contributed by atoms with Gasteiger partial charge in [-0.2, -0.15) is 5.26 Å². The zero-order valence-corrected chi connectivity index (χ0v) is 6.31. The molecule has 0 aromatic rings. The van der Waals surface area contributed by atoms with E-state index in [0.29, 0.717) is 5.88 Å². The Kier molecular flexibility index (Phi) is 2.96. The molecule has 0 bridgehead atoms. The molecule has 0 aromatic heterocycles. The van der Waals surface area contributed by atoms with Crippen molar-refractivity contribution < 1.29 is 5.11 Å². The van der Waals surface area contributed by atoms with Gasteiger partial charge < -0.3 is 5.11 Å². The van der Waals surface area contributed by atoms with E-state index in [1.807, 2.05) is 0 Å². The Bertz CT molecular complexity index is 128. The van der Waals surface area contributed by atoms with E-state index in [9.17, 15) is 0 Å². The minimum absolute atomic E-state index is 0.293. The number of hydrogen-bond donors (Lipinski definition) is 1. The summed E-state index contributed by atoms with van der Waals surface area (Å²) in [6, 6.07) is 1.73. The predicted octanol–water partition coefficient (Wildman–Crippen LogP) is 1.14. The molecule has 0 aliphatic carbocycles. The van der Waals surface area contributed by atoms with Gasteiger partial charge in [-0.1, -0.05) is 13.8 Å². The minimum Gasteiger partial charge on any atom is -0.378 e. The van der Waals surface area contributed by atoms with Gasteiger partial charge in [0.05, 0.1) is 6.07 Å². The summed E-state index contributed by atoms with van der Waals surface area (Å²) >= 11 is 5.46. The topological polar surface area (TPSA) is 44.0 Å². The molecular weight excluding hydrogens is 138 g/mol. The molecule has 1 N–H and O–H groups in total.